The molecule has 0 unspecified atom stereocenters. The zero-order chi connectivity index (χ0) is 30.9. The highest BCUT2D eigenvalue weighted by molar-refractivity contribution is 6.05. The van der Waals surface area contributed by atoms with E-state index < -0.39 is 6.03 Å². The number of hydrogen-bond acceptors (Lipinski definition) is 8. The molecule has 3 N–H and O–H groups in total. The quantitative estimate of drug-likeness (QED) is 0.256. The van der Waals surface area contributed by atoms with Crippen molar-refractivity contribution in [2.45, 2.75) is 31.8 Å². The van der Waals surface area contributed by atoms with Gasteiger partial charge in [0.15, 0.2) is 5.65 Å². The van der Waals surface area contributed by atoms with E-state index in [1.165, 1.54) is 17.3 Å². The number of fused-ring (bicyclic) bond motifs is 1. The largest absolute Gasteiger partial charge is 0.457 e. The van der Waals surface area contributed by atoms with Crippen molar-refractivity contribution in [2.75, 3.05) is 30.3 Å². The van der Waals surface area contributed by atoms with E-state index in [2.05, 4.69) is 20.2 Å². The maximum Gasteiger partial charge on any atom is 0.328 e. The lowest BCUT2D eigenvalue weighted by Gasteiger charge is -2.32. The average Bonchev–Trinajstić information content (AvgIpc) is 3.44. The number of likely N-dealkylation sites (tertiary alicyclic amines) is 1. The van der Waals surface area contributed by atoms with Crippen LogP contribution in [0, 0.1) is 5.82 Å². The van der Waals surface area contributed by atoms with Crippen LogP contribution in [0.4, 0.5) is 20.7 Å². The Labute approximate surface area is 258 Å². The molecular formula is C33H31FN8O3. The van der Waals surface area contributed by atoms with Crippen molar-refractivity contribution in [3.8, 4) is 22.8 Å². The summed E-state index contributed by atoms with van der Waals surface area (Å²) in [5.41, 5.74) is 9.61. The first-order valence-electron chi connectivity index (χ1n) is 14.9. The van der Waals surface area contributed by atoms with E-state index >= 15 is 4.39 Å². The second-order valence-corrected chi connectivity index (χ2v) is 11.2. The number of piperidine rings is 1. The van der Waals surface area contributed by atoms with Gasteiger partial charge < -0.3 is 10.5 Å². The summed E-state index contributed by atoms with van der Waals surface area (Å²) in [6.45, 7) is 2.16. The third-order valence-corrected chi connectivity index (χ3v) is 8.32. The first kappa shape index (κ1) is 28.4. The Hall–Kier alpha value is -5.36. The Kier molecular flexibility index (Phi) is 7.55. The SMILES string of the molecule is Nc1ncnc2c1c(-c1ccc(Oc3ccccc3)cc1)nn2C1CCN(Cc2ccc(N3CCC(=O)NC3=O)cc2F)CC1. The number of imide groups is 1. The molecule has 11 nitrogen and oxygen atoms in total. The number of nitrogens with two attached hydrogens (primary N) is 1. The van der Waals surface area contributed by atoms with E-state index in [4.69, 9.17) is 15.6 Å². The highest BCUT2D eigenvalue weighted by Crippen LogP contribution is 2.35. The van der Waals surface area contributed by atoms with Gasteiger partial charge in [-0.1, -0.05) is 24.3 Å². The van der Waals surface area contributed by atoms with Gasteiger partial charge in [-0.2, -0.15) is 5.10 Å². The fraction of sp³-hybridized carbons (Fsp3) is 0.242. The lowest BCUT2D eigenvalue weighted by atomic mass is 10.0. The van der Waals surface area contributed by atoms with Gasteiger partial charge in [0.1, 0.15) is 35.2 Å². The Bertz CT molecular complexity index is 1870. The van der Waals surface area contributed by atoms with Crippen molar-refractivity contribution < 1.29 is 18.7 Å². The smallest absolute Gasteiger partial charge is 0.328 e. The molecule has 0 aliphatic carbocycles. The third-order valence-electron chi connectivity index (χ3n) is 8.32. The summed E-state index contributed by atoms with van der Waals surface area (Å²) in [5, 5.41) is 7.99. The second-order valence-electron chi connectivity index (χ2n) is 11.2. The highest BCUT2D eigenvalue weighted by atomic mass is 19.1. The van der Waals surface area contributed by atoms with Gasteiger partial charge in [0.25, 0.3) is 0 Å². The Morgan fingerprint density at radius 1 is 0.933 bits per heavy atom. The van der Waals surface area contributed by atoms with Gasteiger partial charge in [0.2, 0.25) is 5.91 Å². The summed E-state index contributed by atoms with van der Waals surface area (Å²) in [6, 6.07) is 21.7. The summed E-state index contributed by atoms with van der Waals surface area (Å²) in [4.78, 5) is 36.0. The van der Waals surface area contributed by atoms with Gasteiger partial charge in [-0.05, 0) is 61.4 Å². The minimum Gasteiger partial charge on any atom is -0.457 e. The number of rotatable bonds is 7. The van der Waals surface area contributed by atoms with Gasteiger partial charge in [-0.15, -0.1) is 0 Å². The molecule has 12 heteroatoms. The van der Waals surface area contributed by atoms with Crippen molar-refractivity contribution in [1.29, 1.82) is 0 Å². The number of carbonyl (C=O) groups is 2. The normalized spacial score (nSPS) is 16.2. The van der Waals surface area contributed by atoms with Crippen LogP contribution in [0.15, 0.2) is 79.1 Å². The topological polar surface area (TPSA) is 131 Å². The maximum atomic E-state index is 15.1. The Balaban J connectivity index is 1.05. The number of ether oxygens (including phenoxy) is 1. The monoisotopic (exact) mass is 606 g/mol. The van der Waals surface area contributed by atoms with Gasteiger partial charge in [-0.25, -0.2) is 23.8 Å². The number of anilines is 2. The van der Waals surface area contributed by atoms with Crippen molar-refractivity contribution >= 4 is 34.5 Å². The Morgan fingerprint density at radius 3 is 2.42 bits per heavy atom. The van der Waals surface area contributed by atoms with Crippen LogP contribution in [-0.4, -0.2) is 56.2 Å². The van der Waals surface area contributed by atoms with Gasteiger partial charge in [-0.3, -0.25) is 19.9 Å². The van der Waals surface area contributed by atoms with Crippen molar-refractivity contribution in [1.82, 2.24) is 30.0 Å². The van der Waals surface area contributed by atoms with Crippen LogP contribution in [0.25, 0.3) is 22.3 Å². The number of hydrogen-bond donors (Lipinski definition) is 2. The standard InChI is InChI=1S/C33H31FN8O3/c34-27-18-24(41-17-14-28(43)38-33(41)44)9-6-22(27)19-40-15-12-23(13-16-40)42-32-29(31(35)36-20-37-32)30(39-42)21-7-10-26(11-8-21)45-25-4-2-1-3-5-25/h1-11,18,20,23H,12-17,19H2,(H2,35,36,37)(H,38,43,44). The summed E-state index contributed by atoms with van der Waals surface area (Å²) < 4.78 is 23.0. The summed E-state index contributed by atoms with van der Waals surface area (Å²) in [5.74, 6) is 1.14. The molecule has 0 saturated carbocycles. The lowest BCUT2D eigenvalue weighted by Crippen LogP contribution is -2.49. The molecule has 0 bridgehead atoms. The molecule has 228 valence electrons. The first-order valence-corrected chi connectivity index (χ1v) is 14.9. The molecule has 2 aliphatic rings. The maximum absolute atomic E-state index is 15.1. The van der Waals surface area contributed by atoms with Gasteiger partial charge in [0.05, 0.1) is 11.4 Å². The van der Waals surface area contributed by atoms with E-state index in [0.29, 0.717) is 46.1 Å². The van der Waals surface area contributed by atoms with E-state index in [1.54, 1.807) is 12.1 Å². The van der Waals surface area contributed by atoms with E-state index in [-0.39, 0.29) is 30.7 Å². The zero-order valence-electron chi connectivity index (χ0n) is 24.4. The van der Waals surface area contributed by atoms with Crippen LogP contribution < -0.4 is 20.7 Å². The number of para-hydroxylation sites is 1. The number of nitrogen functional groups attached to an aromatic ring is 1. The van der Waals surface area contributed by atoms with Crippen LogP contribution in [0.5, 0.6) is 11.5 Å². The number of benzene rings is 3. The summed E-state index contributed by atoms with van der Waals surface area (Å²) >= 11 is 0. The lowest BCUT2D eigenvalue weighted by molar-refractivity contribution is -0.120. The Morgan fingerprint density at radius 2 is 1.69 bits per heavy atom. The predicted molar refractivity (Wildman–Crippen MR) is 167 cm³/mol. The number of halogens is 1. The van der Waals surface area contributed by atoms with Crippen molar-refractivity contribution in [3.63, 3.8) is 0 Å². The van der Waals surface area contributed by atoms with Crippen LogP contribution in [0.3, 0.4) is 0 Å². The number of aromatic nitrogens is 4. The van der Waals surface area contributed by atoms with Crippen molar-refractivity contribution in [3.05, 3.63) is 90.5 Å². The molecule has 7 rings (SSSR count). The number of amides is 3. The highest BCUT2D eigenvalue weighted by Gasteiger charge is 2.28. The van der Waals surface area contributed by atoms with Crippen LogP contribution in [-0.2, 0) is 11.3 Å². The molecular weight excluding hydrogens is 575 g/mol. The van der Waals surface area contributed by atoms with Gasteiger partial charge in [0, 0.05) is 49.4 Å². The fourth-order valence-corrected chi connectivity index (χ4v) is 5.96. The fourth-order valence-electron chi connectivity index (χ4n) is 5.96. The van der Waals surface area contributed by atoms with Crippen molar-refractivity contribution in [2.24, 2.45) is 0 Å². The molecule has 2 aliphatic heterocycles. The number of carbonyl (C=O) groups excluding carboxylic acids is 2. The molecule has 0 atom stereocenters. The molecule has 0 radical (unpaired) electrons. The molecule has 2 fully saturated rings. The molecule has 45 heavy (non-hydrogen) atoms. The predicted octanol–water partition coefficient (Wildman–Crippen LogP) is 5.29. The molecule has 2 aromatic heterocycles. The first-order chi connectivity index (χ1) is 21.9. The van der Waals surface area contributed by atoms with Gasteiger partial charge >= 0.3 is 6.03 Å². The number of urea groups is 1. The molecule has 3 aromatic carbocycles. The summed E-state index contributed by atoms with van der Waals surface area (Å²) in [6.07, 6.45) is 3.24. The van der Waals surface area contributed by atoms with Crippen LogP contribution in [0.2, 0.25) is 0 Å². The molecule has 3 amide bonds. The zero-order valence-corrected chi connectivity index (χ0v) is 24.4. The van der Waals surface area contributed by atoms with E-state index in [9.17, 15) is 9.59 Å². The minimum absolute atomic E-state index is 0.0834. The minimum atomic E-state index is -0.532. The number of nitrogens with zero attached hydrogens (tertiary/aromatic N) is 6. The van der Waals surface area contributed by atoms with Crippen LogP contribution >= 0.6 is 0 Å². The summed E-state index contributed by atoms with van der Waals surface area (Å²) in [7, 11) is 0. The second kappa shape index (κ2) is 12.0. The molecule has 0 spiro atoms. The molecule has 5 aromatic rings. The van der Waals surface area contributed by atoms with E-state index in [0.717, 1.165) is 37.2 Å². The molecule has 2 saturated heterocycles. The van der Waals surface area contributed by atoms with E-state index in [1.807, 2.05) is 59.3 Å². The number of nitrogens with one attached hydrogen (secondary N) is 1. The molecule has 4 heterocycles. The van der Waals surface area contributed by atoms with Crippen LogP contribution in [0.1, 0.15) is 30.9 Å². The average molecular weight is 607 g/mol. The third kappa shape index (κ3) is 5.79.